The van der Waals surface area contributed by atoms with Crippen LogP contribution in [-0.4, -0.2) is 35.7 Å². The van der Waals surface area contributed by atoms with Gasteiger partial charge in [0, 0.05) is 17.3 Å². The predicted molar refractivity (Wildman–Crippen MR) is 102 cm³/mol. The number of rotatable bonds is 6. The van der Waals surface area contributed by atoms with Crippen LogP contribution in [0.3, 0.4) is 0 Å². The van der Waals surface area contributed by atoms with Gasteiger partial charge in [0.15, 0.2) is 11.9 Å². The minimum atomic E-state index is -1.09. The Morgan fingerprint density at radius 2 is 1.85 bits per heavy atom. The average molecular weight is 393 g/mol. The van der Waals surface area contributed by atoms with Gasteiger partial charge in [-0.1, -0.05) is 11.6 Å². The van der Waals surface area contributed by atoms with E-state index < -0.39 is 17.9 Å². The average Bonchev–Trinajstić information content (AvgIpc) is 2.90. The van der Waals surface area contributed by atoms with Gasteiger partial charge in [0.25, 0.3) is 0 Å². The van der Waals surface area contributed by atoms with Crippen LogP contribution in [0.1, 0.15) is 56.3 Å². The summed E-state index contributed by atoms with van der Waals surface area (Å²) in [6.45, 7) is 6.26. The van der Waals surface area contributed by atoms with E-state index >= 15 is 0 Å². The number of Topliss-reactive ketones (excluding diaryl/α,β-unsaturated/α-hetero) is 2. The summed E-state index contributed by atoms with van der Waals surface area (Å²) in [6, 6.07) is 2.73. The standard InChI is InChI=1S/C19H21ClN2O5/c1-8-16(10(3)23)9(2)22-17(8)18(24)11(4)27-19(25)12-6-13(20)14(21)7-15(12)26-5/h6-7,11,22H,21H2,1-5H3/t11-/m1/s1. The topological polar surface area (TPSA) is 111 Å². The second-order valence-electron chi connectivity index (χ2n) is 6.17. The van der Waals surface area contributed by atoms with Crippen molar-refractivity contribution in [1.29, 1.82) is 0 Å². The Morgan fingerprint density at radius 1 is 1.22 bits per heavy atom. The lowest BCUT2D eigenvalue weighted by atomic mass is 10.0. The smallest absolute Gasteiger partial charge is 0.342 e. The number of benzene rings is 1. The summed E-state index contributed by atoms with van der Waals surface area (Å²) in [5, 5.41) is 0.170. The summed E-state index contributed by atoms with van der Waals surface area (Å²) in [4.78, 5) is 39.8. The van der Waals surface area contributed by atoms with E-state index in [-0.39, 0.29) is 33.5 Å². The Kier molecular flexibility index (Phi) is 5.95. The van der Waals surface area contributed by atoms with Crippen LogP contribution in [0.2, 0.25) is 5.02 Å². The highest BCUT2D eigenvalue weighted by molar-refractivity contribution is 6.33. The fraction of sp³-hybridized carbons (Fsp3) is 0.316. The molecule has 0 saturated carbocycles. The van der Waals surface area contributed by atoms with Crippen molar-refractivity contribution in [2.75, 3.05) is 12.8 Å². The number of carbonyl (C=O) groups is 3. The maximum absolute atomic E-state index is 12.7. The van der Waals surface area contributed by atoms with E-state index in [0.717, 1.165) is 0 Å². The third-order valence-electron chi connectivity index (χ3n) is 4.23. The number of halogens is 1. The van der Waals surface area contributed by atoms with Crippen LogP contribution in [0.15, 0.2) is 12.1 Å². The molecule has 0 bridgehead atoms. The first-order valence-corrected chi connectivity index (χ1v) is 8.54. The predicted octanol–water partition coefficient (Wildman–Crippen LogP) is 3.51. The van der Waals surface area contributed by atoms with Crippen LogP contribution >= 0.6 is 11.6 Å². The van der Waals surface area contributed by atoms with Crippen LogP contribution in [0.4, 0.5) is 5.69 Å². The van der Waals surface area contributed by atoms with E-state index in [2.05, 4.69) is 4.98 Å². The highest BCUT2D eigenvalue weighted by atomic mass is 35.5. The zero-order valence-corrected chi connectivity index (χ0v) is 16.5. The number of nitrogens with one attached hydrogen (secondary N) is 1. The Bertz CT molecular complexity index is 933. The first-order valence-electron chi connectivity index (χ1n) is 8.16. The largest absolute Gasteiger partial charge is 0.496 e. The van der Waals surface area contributed by atoms with Crippen molar-refractivity contribution < 1.29 is 23.9 Å². The Morgan fingerprint density at radius 3 is 2.37 bits per heavy atom. The van der Waals surface area contributed by atoms with Crippen molar-refractivity contribution >= 4 is 34.8 Å². The van der Waals surface area contributed by atoms with Crippen molar-refractivity contribution in [2.24, 2.45) is 0 Å². The Hall–Kier alpha value is -2.80. The molecule has 8 heteroatoms. The number of methoxy groups -OCH3 is 1. The molecule has 7 nitrogen and oxygen atoms in total. The van der Waals surface area contributed by atoms with E-state index in [4.69, 9.17) is 26.8 Å². The number of H-pyrrole nitrogens is 1. The SMILES string of the molecule is COc1cc(N)c(Cl)cc1C(=O)O[C@H](C)C(=O)c1[nH]c(C)c(C(C)=O)c1C. The number of nitrogen functional groups attached to an aromatic ring is 1. The van der Waals surface area contributed by atoms with Gasteiger partial charge in [0.1, 0.15) is 11.3 Å². The van der Waals surface area contributed by atoms with Gasteiger partial charge < -0.3 is 20.2 Å². The molecule has 27 heavy (non-hydrogen) atoms. The molecule has 0 fully saturated rings. The molecule has 0 unspecified atom stereocenters. The lowest BCUT2D eigenvalue weighted by Crippen LogP contribution is -2.25. The van der Waals surface area contributed by atoms with Gasteiger partial charge in [-0.3, -0.25) is 9.59 Å². The molecule has 0 aliphatic heterocycles. The molecule has 0 amide bonds. The first kappa shape index (κ1) is 20.5. The molecule has 0 saturated heterocycles. The number of aryl methyl sites for hydroxylation is 1. The van der Waals surface area contributed by atoms with Crippen LogP contribution in [-0.2, 0) is 4.74 Å². The maximum atomic E-state index is 12.7. The van der Waals surface area contributed by atoms with Crippen molar-refractivity contribution in [3.63, 3.8) is 0 Å². The number of ketones is 2. The molecule has 2 aromatic rings. The van der Waals surface area contributed by atoms with Crippen molar-refractivity contribution in [1.82, 2.24) is 4.98 Å². The number of anilines is 1. The molecular weight excluding hydrogens is 372 g/mol. The molecule has 1 atom stereocenters. The van der Waals surface area contributed by atoms with E-state index in [1.165, 1.54) is 33.1 Å². The highest BCUT2D eigenvalue weighted by Crippen LogP contribution is 2.30. The molecule has 0 aliphatic carbocycles. The Labute approximate surface area is 161 Å². The third-order valence-corrected chi connectivity index (χ3v) is 4.56. The number of ether oxygens (including phenoxy) is 2. The summed E-state index contributed by atoms with van der Waals surface area (Å²) in [5.74, 6) is -1.18. The van der Waals surface area contributed by atoms with Crippen LogP contribution in [0, 0.1) is 13.8 Å². The molecule has 2 rings (SSSR count). The lowest BCUT2D eigenvalue weighted by molar-refractivity contribution is 0.0314. The van der Waals surface area contributed by atoms with E-state index in [1.807, 2.05) is 0 Å². The fourth-order valence-corrected chi connectivity index (χ4v) is 3.07. The molecule has 144 valence electrons. The number of esters is 1. The van der Waals surface area contributed by atoms with Gasteiger partial charge in [-0.15, -0.1) is 0 Å². The quantitative estimate of drug-likeness (QED) is 0.442. The van der Waals surface area contributed by atoms with Gasteiger partial charge in [0.2, 0.25) is 5.78 Å². The van der Waals surface area contributed by atoms with E-state index in [0.29, 0.717) is 16.8 Å². The zero-order valence-electron chi connectivity index (χ0n) is 15.7. The van der Waals surface area contributed by atoms with Gasteiger partial charge in [-0.05, 0) is 39.3 Å². The fourth-order valence-electron chi connectivity index (χ4n) is 2.90. The minimum absolute atomic E-state index is 0.0557. The molecule has 0 radical (unpaired) electrons. The van der Waals surface area contributed by atoms with Crippen LogP contribution in [0.25, 0.3) is 0 Å². The number of hydrogen-bond donors (Lipinski definition) is 2. The molecule has 1 aromatic carbocycles. The van der Waals surface area contributed by atoms with E-state index in [9.17, 15) is 14.4 Å². The second kappa shape index (κ2) is 7.84. The molecule has 1 heterocycles. The third kappa shape index (κ3) is 3.98. The first-order chi connectivity index (χ1) is 12.6. The summed E-state index contributed by atoms with van der Waals surface area (Å²) >= 11 is 5.96. The molecular formula is C19H21ClN2O5. The normalized spacial score (nSPS) is 11.8. The van der Waals surface area contributed by atoms with Crippen molar-refractivity contribution in [3.05, 3.63) is 45.2 Å². The second-order valence-corrected chi connectivity index (χ2v) is 6.57. The number of carbonyl (C=O) groups excluding carboxylic acids is 3. The van der Waals surface area contributed by atoms with Crippen molar-refractivity contribution in [2.45, 2.75) is 33.8 Å². The Balaban J connectivity index is 2.27. The van der Waals surface area contributed by atoms with Gasteiger partial charge in [-0.25, -0.2) is 4.79 Å². The monoisotopic (exact) mass is 392 g/mol. The molecule has 0 spiro atoms. The highest BCUT2D eigenvalue weighted by Gasteiger charge is 2.27. The molecule has 1 aromatic heterocycles. The molecule has 3 N–H and O–H groups in total. The van der Waals surface area contributed by atoms with Gasteiger partial charge >= 0.3 is 5.97 Å². The van der Waals surface area contributed by atoms with Gasteiger partial charge in [-0.2, -0.15) is 0 Å². The summed E-state index contributed by atoms with van der Waals surface area (Å²) < 4.78 is 10.4. The van der Waals surface area contributed by atoms with Crippen LogP contribution in [0.5, 0.6) is 5.75 Å². The maximum Gasteiger partial charge on any atom is 0.342 e. The zero-order chi connectivity index (χ0) is 20.5. The summed E-state index contributed by atoms with van der Waals surface area (Å²) in [7, 11) is 1.38. The van der Waals surface area contributed by atoms with Crippen molar-refractivity contribution in [3.8, 4) is 5.75 Å². The summed E-state index contributed by atoms with van der Waals surface area (Å²) in [5.41, 5.74) is 7.83. The van der Waals surface area contributed by atoms with Crippen LogP contribution < -0.4 is 10.5 Å². The number of aromatic amines is 1. The van der Waals surface area contributed by atoms with E-state index in [1.54, 1.807) is 13.8 Å². The number of hydrogen-bond acceptors (Lipinski definition) is 6. The molecule has 0 aliphatic rings. The summed E-state index contributed by atoms with van der Waals surface area (Å²) in [6.07, 6.45) is -1.09. The number of aromatic nitrogens is 1. The van der Waals surface area contributed by atoms with Gasteiger partial charge in [0.05, 0.1) is 23.5 Å². The minimum Gasteiger partial charge on any atom is -0.496 e. The lowest BCUT2D eigenvalue weighted by Gasteiger charge is -2.14. The number of nitrogens with two attached hydrogens (primary N) is 1.